The number of pyridine rings is 1. The SMILES string of the molecule is COc1ccc(NC(=O)N2CCN(C)C[C@@H]2C)cn1. The van der Waals surface area contributed by atoms with Gasteiger partial charge in [0.15, 0.2) is 0 Å². The summed E-state index contributed by atoms with van der Waals surface area (Å²) in [5, 5.41) is 2.86. The Balaban J connectivity index is 1.96. The second-order valence-corrected chi connectivity index (χ2v) is 4.82. The van der Waals surface area contributed by atoms with Crippen molar-refractivity contribution in [2.75, 3.05) is 39.1 Å². The molecule has 1 aliphatic rings. The Bertz CT molecular complexity index is 435. The zero-order valence-corrected chi connectivity index (χ0v) is 11.6. The Morgan fingerprint density at radius 3 is 2.84 bits per heavy atom. The molecular formula is C13H20N4O2. The minimum atomic E-state index is -0.0763. The Morgan fingerprint density at radius 1 is 1.47 bits per heavy atom. The third-order valence-corrected chi connectivity index (χ3v) is 3.29. The van der Waals surface area contributed by atoms with Crippen LogP contribution in [0.25, 0.3) is 0 Å². The lowest BCUT2D eigenvalue weighted by Gasteiger charge is -2.38. The van der Waals surface area contributed by atoms with Crippen molar-refractivity contribution in [2.45, 2.75) is 13.0 Å². The van der Waals surface area contributed by atoms with Gasteiger partial charge in [0.1, 0.15) is 0 Å². The summed E-state index contributed by atoms with van der Waals surface area (Å²) in [5.74, 6) is 0.533. The molecular weight excluding hydrogens is 244 g/mol. The average Bonchev–Trinajstić information content (AvgIpc) is 2.39. The first kappa shape index (κ1) is 13.6. The van der Waals surface area contributed by atoms with Crippen LogP contribution in [-0.4, -0.2) is 60.6 Å². The molecule has 0 bridgehead atoms. The van der Waals surface area contributed by atoms with Crippen molar-refractivity contribution >= 4 is 11.7 Å². The van der Waals surface area contributed by atoms with Gasteiger partial charge in [0.25, 0.3) is 0 Å². The normalized spacial score (nSPS) is 20.2. The van der Waals surface area contributed by atoms with E-state index in [1.807, 2.05) is 4.90 Å². The van der Waals surface area contributed by atoms with E-state index in [-0.39, 0.29) is 12.1 Å². The highest BCUT2D eigenvalue weighted by Gasteiger charge is 2.25. The number of rotatable bonds is 2. The van der Waals surface area contributed by atoms with Gasteiger partial charge < -0.3 is 19.9 Å². The van der Waals surface area contributed by atoms with Crippen molar-refractivity contribution < 1.29 is 9.53 Å². The molecule has 1 fully saturated rings. The number of aromatic nitrogens is 1. The highest BCUT2D eigenvalue weighted by Crippen LogP contribution is 2.14. The van der Waals surface area contributed by atoms with Crippen LogP contribution >= 0.6 is 0 Å². The van der Waals surface area contributed by atoms with Crippen molar-refractivity contribution in [2.24, 2.45) is 0 Å². The molecule has 2 heterocycles. The number of nitrogens with zero attached hydrogens (tertiary/aromatic N) is 3. The molecule has 0 aliphatic carbocycles. The predicted molar refractivity (Wildman–Crippen MR) is 73.5 cm³/mol. The van der Waals surface area contributed by atoms with E-state index in [1.165, 1.54) is 0 Å². The van der Waals surface area contributed by atoms with Crippen LogP contribution in [0.2, 0.25) is 0 Å². The summed E-state index contributed by atoms with van der Waals surface area (Å²) in [6.45, 7) is 4.60. The van der Waals surface area contributed by atoms with E-state index in [9.17, 15) is 4.79 Å². The molecule has 0 unspecified atom stereocenters. The first-order valence-electron chi connectivity index (χ1n) is 6.36. The predicted octanol–water partition coefficient (Wildman–Crippen LogP) is 1.26. The van der Waals surface area contributed by atoms with Crippen LogP contribution < -0.4 is 10.1 Å². The number of amides is 2. The number of hydrogen-bond acceptors (Lipinski definition) is 4. The Morgan fingerprint density at radius 2 is 2.26 bits per heavy atom. The van der Waals surface area contributed by atoms with E-state index in [0.717, 1.165) is 19.6 Å². The van der Waals surface area contributed by atoms with Crippen LogP contribution in [0.5, 0.6) is 5.88 Å². The van der Waals surface area contributed by atoms with Gasteiger partial charge in [0.2, 0.25) is 5.88 Å². The van der Waals surface area contributed by atoms with E-state index in [2.05, 4.69) is 29.2 Å². The highest BCUT2D eigenvalue weighted by molar-refractivity contribution is 5.89. The molecule has 0 saturated carbocycles. The van der Waals surface area contributed by atoms with Crippen LogP contribution in [0.1, 0.15) is 6.92 Å². The van der Waals surface area contributed by atoms with Crippen LogP contribution in [0.4, 0.5) is 10.5 Å². The molecule has 2 amide bonds. The fraction of sp³-hybridized carbons (Fsp3) is 0.538. The van der Waals surface area contributed by atoms with E-state index in [4.69, 9.17) is 4.74 Å². The smallest absolute Gasteiger partial charge is 0.322 e. The molecule has 19 heavy (non-hydrogen) atoms. The number of piperazine rings is 1. The van der Waals surface area contributed by atoms with E-state index in [0.29, 0.717) is 11.6 Å². The van der Waals surface area contributed by atoms with Crippen molar-refractivity contribution in [3.63, 3.8) is 0 Å². The van der Waals surface area contributed by atoms with Gasteiger partial charge >= 0.3 is 6.03 Å². The number of carbonyl (C=O) groups excluding carboxylic acids is 1. The first-order chi connectivity index (χ1) is 9.10. The Labute approximate surface area is 113 Å². The molecule has 6 heteroatoms. The summed E-state index contributed by atoms with van der Waals surface area (Å²) in [4.78, 5) is 20.3. The third-order valence-electron chi connectivity index (χ3n) is 3.29. The minimum Gasteiger partial charge on any atom is -0.481 e. The number of ether oxygens (including phenoxy) is 1. The number of carbonyl (C=O) groups is 1. The van der Waals surface area contributed by atoms with Gasteiger partial charge in [-0.2, -0.15) is 0 Å². The summed E-state index contributed by atoms with van der Waals surface area (Å²) < 4.78 is 4.98. The van der Waals surface area contributed by atoms with Crippen molar-refractivity contribution in [1.29, 1.82) is 0 Å². The van der Waals surface area contributed by atoms with Gasteiger partial charge in [0, 0.05) is 31.7 Å². The van der Waals surface area contributed by atoms with Crippen LogP contribution in [0.15, 0.2) is 18.3 Å². The minimum absolute atomic E-state index is 0.0763. The molecule has 1 aromatic heterocycles. The molecule has 104 valence electrons. The summed E-state index contributed by atoms with van der Waals surface area (Å²) in [6, 6.07) is 3.64. The molecule has 1 N–H and O–H groups in total. The van der Waals surface area contributed by atoms with Gasteiger partial charge in [-0.15, -0.1) is 0 Å². The van der Waals surface area contributed by atoms with Crippen molar-refractivity contribution in [3.8, 4) is 5.88 Å². The number of likely N-dealkylation sites (N-methyl/N-ethyl adjacent to an activating group) is 1. The second-order valence-electron chi connectivity index (χ2n) is 4.82. The third kappa shape index (κ3) is 3.35. The van der Waals surface area contributed by atoms with Gasteiger partial charge in [-0.05, 0) is 20.0 Å². The molecule has 6 nitrogen and oxygen atoms in total. The van der Waals surface area contributed by atoms with Gasteiger partial charge in [0.05, 0.1) is 19.0 Å². The fourth-order valence-corrected chi connectivity index (χ4v) is 2.21. The van der Waals surface area contributed by atoms with Gasteiger partial charge in [-0.25, -0.2) is 9.78 Å². The largest absolute Gasteiger partial charge is 0.481 e. The molecule has 1 saturated heterocycles. The standard InChI is InChI=1S/C13H20N4O2/c1-10-9-16(2)6-7-17(10)13(18)15-11-4-5-12(19-3)14-8-11/h4-5,8,10H,6-7,9H2,1-3H3,(H,15,18)/t10-/m0/s1. The summed E-state index contributed by atoms with van der Waals surface area (Å²) in [7, 11) is 3.63. The van der Waals surface area contributed by atoms with E-state index in [1.54, 1.807) is 25.4 Å². The van der Waals surface area contributed by atoms with Crippen LogP contribution in [0.3, 0.4) is 0 Å². The molecule has 0 aromatic carbocycles. The van der Waals surface area contributed by atoms with Crippen molar-refractivity contribution in [1.82, 2.24) is 14.8 Å². The number of hydrogen-bond donors (Lipinski definition) is 1. The highest BCUT2D eigenvalue weighted by atomic mass is 16.5. The monoisotopic (exact) mass is 264 g/mol. The van der Waals surface area contributed by atoms with Crippen LogP contribution in [0, 0.1) is 0 Å². The molecule has 0 radical (unpaired) electrons. The van der Waals surface area contributed by atoms with E-state index >= 15 is 0 Å². The molecule has 1 atom stereocenters. The average molecular weight is 264 g/mol. The first-order valence-corrected chi connectivity index (χ1v) is 6.36. The van der Waals surface area contributed by atoms with Crippen LogP contribution in [-0.2, 0) is 0 Å². The number of nitrogens with one attached hydrogen (secondary N) is 1. The second kappa shape index (κ2) is 5.88. The summed E-state index contributed by atoms with van der Waals surface area (Å²) >= 11 is 0. The topological polar surface area (TPSA) is 57.7 Å². The quantitative estimate of drug-likeness (QED) is 0.873. The molecule has 1 aliphatic heterocycles. The number of urea groups is 1. The molecule has 0 spiro atoms. The summed E-state index contributed by atoms with van der Waals surface area (Å²) in [6.07, 6.45) is 1.59. The zero-order valence-electron chi connectivity index (χ0n) is 11.6. The maximum atomic E-state index is 12.2. The van der Waals surface area contributed by atoms with E-state index < -0.39 is 0 Å². The molecule has 1 aromatic rings. The Hall–Kier alpha value is -1.82. The lowest BCUT2D eigenvalue weighted by atomic mass is 10.2. The fourth-order valence-electron chi connectivity index (χ4n) is 2.21. The van der Waals surface area contributed by atoms with Gasteiger partial charge in [-0.3, -0.25) is 0 Å². The molecule has 2 rings (SSSR count). The maximum Gasteiger partial charge on any atom is 0.322 e. The number of methoxy groups -OCH3 is 1. The summed E-state index contributed by atoms with van der Waals surface area (Å²) in [5.41, 5.74) is 0.678. The lowest BCUT2D eigenvalue weighted by Crippen LogP contribution is -2.53. The lowest BCUT2D eigenvalue weighted by molar-refractivity contribution is 0.125. The van der Waals surface area contributed by atoms with Gasteiger partial charge in [-0.1, -0.05) is 0 Å². The van der Waals surface area contributed by atoms with Crippen molar-refractivity contribution in [3.05, 3.63) is 18.3 Å². The maximum absolute atomic E-state index is 12.2. The number of anilines is 1. The Kier molecular flexibility index (Phi) is 4.21. The zero-order chi connectivity index (χ0) is 13.8.